The predicted molar refractivity (Wildman–Crippen MR) is 85.1 cm³/mol. The van der Waals surface area contributed by atoms with Crippen molar-refractivity contribution in [2.75, 3.05) is 18.8 Å². The Labute approximate surface area is 122 Å². The van der Waals surface area contributed by atoms with Crippen molar-refractivity contribution in [1.82, 2.24) is 15.3 Å². The number of nitrogens with zero attached hydrogens (tertiary/aromatic N) is 2. The zero-order valence-electron chi connectivity index (χ0n) is 13.2. The van der Waals surface area contributed by atoms with Crippen molar-refractivity contribution >= 4 is 5.82 Å². The van der Waals surface area contributed by atoms with Gasteiger partial charge in [0.15, 0.2) is 0 Å². The van der Waals surface area contributed by atoms with Crippen LogP contribution in [-0.2, 0) is 6.42 Å². The first-order valence-corrected chi connectivity index (χ1v) is 7.43. The SMILES string of the molecule is CCN(CC)C(C)(CC)C(Cc1ccnc(N)c1)NN. The Morgan fingerprint density at radius 3 is 2.45 bits per heavy atom. The fourth-order valence-corrected chi connectivity index (χ4v) is 2.95. The molecule has 5 heteroatoms. The number of rotatable bonds is 8. The van der Waals surface area contributed by atoms with E-state index in [1.54, 1.807) is 6.20 Å². The molecular weight excluding hydrogens is 250 g/mol. The van der Waals surface area contributed by atoms with Gasteiger partial charge in [0.05, 0.1) is 0 Å². The maximum Gasteiger partial charge on any atom is 0.123 e. The van der Waals surface area contributed by atoms with E-state index in [-0.39, 0.29) is 11.6 Å². The van der Waals surface area contributed by atoms with E-state index >= 15 is 0 Å². The third-order valence-corrected chi connectivity index (χ3v) is 4.44. The first kappa shape index (κ1) is 16.9. The smallest absolute Gasteiger partial charge is 0.123 e. The standard InChI is InChI=1S/C15H29N5/c1-5-15(4,20(6-2)7-3)13(19-17)10-12-8-9-18-14(16)11-12/h8-9,11,13,19H,5-7,10,17H2,1-4H3,(H2,16,18). The summed E-state index contributed by atoms with van der Waals surface area (Å²) in [7, 11) is 0. The lowest BCUT2D eigenvalue weighted by molar-refractivity contribution is 0.0701. The second-order valence-electron chi connectivity index (χ2n) is 5.40. The maximum atomic E-state index is 5.84. The Balaban J connectivity index is 2.97. The molecule has 5 nitrogen and oxygen atoms in total. The van der Waals surface area contributed by atoms with Crippen LogP contribution in [0.4, 0.5) is 5.82 Å². The molecule has 0 aliphatic rings. The van der Waals surface area contributed by atoms with E-state index in [0.717, 1.165) is 31.5 Å². The normalized spacial score (nSPS) is 16.1. The molecule has 0 aromatic carbocycles. The fourth-order valence-electron chi connectivity index (χ4n) is 2.95. The van der Waals surface area contributed by atoms with Gasteiger partial charge in [-0.2, -0.15) is 0 Å². The minimum Gasteiger partial charge on any atom is -0.384 e. The highest BCUT2D eigenvalue weighted by Crippen LogP contribution is 2.26. The monoisotopic (exact) mass is 279 g/mol. The third kappa shape index (κ3) is 3.69. The summed E-state index contributed by atoms with van der Waals surface area (Å²) >= 11 is 0. The molecule has 2 atom stereocenters. The van der Waals surface area contributed by atoms with Crippen LogP contribution in [0.3, 0.4) is 0 Å². The highest BCUT2D eigenvalue weighted by Gasteiger charge is 2.36. The third-order valence-electron chi connectivity index (χ3n) is 4.44. The molecule has 0 amide bonds. The Hall–Kier alpha value is -1.17. The molecule has 20 heavy (non-hydrogen) atoms. The number of hydrogen-bond acceptors (Lipinski definition) is 5. The van der Waals surface area contributed by atoms with Crippen molar-refractivity contribution in [3.63, 3.8) is 0 Å². The van der Waals surface area contributed by atoms with Crippen molar-refractivity contribution in [2.45, 2.75) is 52.1 Å². The molecule has 0 aliphatic heterocycles. The van der Waals surface area contributed by atoms with E-state index in [1.807, 2.05) is 12.1 Å². The summed E-state index contributed by atoms with van der Waals surface area (Å²) in [6.45, 7) is 10.9. The zero-order chi connectivity index (χ0) is 15.2. The first-order valence-electron chi connectivity index (χ1n) is 7.43. The van der Waals surface area contributed by atoms with Crippen LogP contribution < -0.4 is 17.0 Å². The number of hydrogen-bond donors (Lipinski definition) is 3. The minimum absolute atomic E-state index is 0.0102. The van der Waals surface area contributed by atoms with Crippen molar-refractivity contribution in [3.8, 4) is 0 Å². The first-order chi connectivity index (χ1) is 9.51. The summed E-state index contributed by atoms with van der Waals surface area (Å²) < 4.78 is 0. The van der Waals surface area contributed by atoms with Gasteiger partial charge >= 0.3 is 0 Å². The van der Waals surface area contributed by atoms with Crippen LogP contribution >= 0.6 is 0 Å². The summed E-state index contributed by atoms with van der Waals surface area (Å²) in [5.41, 5.74) is 9.93. The lowest BCUT2D eigenvalue weighted by Gasteiger charge is -2.45. The number of hydrazine groups is 1. The second kappa shape index (κ2) is 7.57. The van der Waals surface area contributed by atoms with E-state index in [4.69, 9.17) is 11.6 Å². The Morgan fingerprint density at radius 1 is 1.35 bits per heavy atom. The molecule has 114 valence electrons. The van der Waals surface area contributed by atoms with E-state index < -0.39 is 0 Å². The Kier molecular flexibility index (Phi) is 6.39. The van der Waals surface area contributed by atoms with Crippen molar-refractivity contribution in [1.29, 1.82) is 0 Å². The topological polar surface area (TPSA) is 80.2 Å². The van der Waals surface area contributed by atoms with Crippen LogP contribution in [0, 0.1) is 0 Å². The van der Waals surface area contributed by atoms with Gasteiger partial charge in [0.25, 0.3) is 0 Å². The minimum atomic E-state index is 0.0102. The average Bonchev–Trinajstić information content (AvgIpc) is 2.45. The van der Waals surface area contributed by atoms with Gasteiger partial charge in [-0.1, -0.05) is 20.8 Å². The molecule has 5 N–H and O–H groups in total. The summed E-state index contributed by atoms with van der Waals surface area (Å²) in [5, 5.41) is 0. The summed E-state index contributed by atoms with van der Waals surface area (Å²) in [5.74, 6) is 6.40. The molecule has 1 aromatic rings. The number of pyridine rings is 1. The molecule has 0 saturated heterocycles. The second-order valence-corrected chi connectivity index (χ2v) is 5.40. The van der Waals surface area contributed by atoms with Crippen LogP contribution in [0.15, 0.2) is 18.3 Å². The molecule has 0 bridgehead atoms. The lowest BCUT2D eigenvalue weighted by atomic mass is 9.84. The maximum absolute atomic E-state index is 5.84. The molecule has 1 aromatic heterocycles. The molecule has 2 unspecified atom stereocenters. The van der Waals surface area contributed by atoms with Crippen LogP contribution in [0.5, 0.6) is 0 Å². The number of nitrogen functional groups attached to an aromatic ring is 1. The summed E-state index contributed by atoms with van der Waals surface area (Å²) in [4.78, 5) is 6.50. The highest BCUT2D eigenvalue weighted by molar-refractivity contribution is 5.32. The molecule has 0 saturated carbocycles. The largest absolute Gasteiger partial charge is 0.384 e. The number of aromatic nitrogens is 1. The van der Waals surface area contributed by atoms with Gasteiger partial charge in [0.1, 0.15) is 5.82 Å². The Bertz CT molecular complexity index is 405. The molecule has 1 rings (SSSR count). The van der Waals surface area contributed by atoms with Crippen LogP contribution in [-0.4, -0.2) is 34.6 Å². The van der Waals surface area contributed by atoms with E-state index in [1.165, 1.54) is 0 Å². The fraction of sp³-hybridized carbons (Fsp3) is 0.667. The number of nitrogens with two attached hydrogens (primary N) is 2. The quantitative estimate of drug-likeness (QED) is 0.497. The number of likely N-dealkylation sites (N-methyl/N-ethyl adjacent to an activating group) is 1. The summed E-state index contributed by atoms with van der Waals surface area (Å²) in [6.07, 6.45) is 3.62. The van der Waals surface area contributed by atoms with Gasteiger partial charge in [0, 0.05) is 17.8 Å². The van der Waals surface area contributed by atoms with E-state index in [0.29, 0.717) is 5.82 Å². The van der Waals surface area contributed by atoms with Gasteiger partial charge in [0.2, 0.25) is 0 Å². The molecule has 0 radical (unpaired) electrons. The lowest BCUT2D eigenvalue weighted by Crippen LogP contribution is -2.61. The summed E-state index contributed by atoms with van der Waals surface area (Å²) in [6, 6.07) is 4.08. The molecular formula is C15H29N5. The average molecular weight is 279 g/mol. The van der Waals surface area contributed by atoms with Crippen LogP contribution in [0.2, 0.25) is 0 Å². The number of nitrogens with one attached hydrogen (secondary N) is 1. The van der Waals surface area contributed by atoms with Crippen LogP contribution in [0.1, 0.15) is 39.7 Å². The van der Waals surface area contributed by atoms with Gasteiger partial charge in [-0.3, -0.25) is 16.2 Å². The zero-order valence-corrected chi connectivity index (χ0v) is 13.2. The number of anilines is 1. The van der Waals surface area contributed by atoms with Crippen molar-refractivity contribution in [3.05, 3.63) is 23.9 Å². The van der Waals surface area contributed by atoms with Crippen molar-refractivity contribution < 1.29 is 0 Å². The molecule has 0 fully saturated rings. The van der Waals surface area contributed by atoms with Crippen molar-refractivity contribution in [2.24, 2.45) is 5.84 Å². The van der Waals surface area contributed by atoms with E-state index in [9.17, 15) is 0 Å². The molecule has 0 aliphatic carbocycles. The van der Waals surface area contributed by atoms with Gasteiger partial charge < -0.3 is 5.73 Å². The molecule has 0 spiro atoms. The predicted octanol–water partition coefficient (Wildman–Crippen LogP) is 1.55. The highest BCUT2D eigenvalue weighted by atomic mass is 15.3. The Morgan fingerprint density at radius 2 is 2.00 bits per heavy atom. The van der Waals surface area contributed by atoms with Crippen LogP contribution in [0.25, 0.3) is 0 Å². The van der Waals surface area contributed by atoms with Gasteiger partial charge in [-0.25, -0.2) is 4.98 Å². The van der Waals surface area contributed by atoms with Gasteiger partial charge in [-0.05, 0) is 50.6 Å². The van der Waals surface area contributed by atoms with E-state index in [2.05, 4.69) is 43.0 Å². The molecule has 1 heterocycles. The van der Waals surface area contributed by atoms with Gasteiger partial charge in [-0.15, -0.1) is 0 Å².